The van der Waals surface area contributed by atoms with Crippen LogP contribution in [0.1, 0.15) is 49.1 Å². The molecule has 1 saturated heterocycles. The highest BCUT2D eigenvalue weighted by molar-refractivity contribution is 5.78. The van der Waals surface area contributed by atoms with Crippen molar-refractivity contribution < 1.29 is 14.3 Å². The Hall–Kier alpha value is -1.85. The molecule has 0 N–H and O–H groups in total. The molecule has 128 valence electrons. The highest BCUT2D eigenvalue weighted by atomic mass is 16.5. The van der Waals surface area contributed by atoms with E-state index >= 15 is 0 Å². The van der Waals surface area contributed by atoms with Gasteiger partial charge in [0.25, 0.3) is 0 Å². The van der Waals surface area contributed by atoms with Gasteiger partial charge in [0, 0.05) is 31.7 Å². The van der Waals surface area contributed by atoms with Gasteiger partial charge in [-0.25, -0.2) is 0 Å². The molecule has 0 unspecified atom stereocenters. The van der Waals surface area contributed by atoms with E-state index in [-0.39, 0.29) is 17.9 Å². The molecular weight excluding hydrogens is 294 g/mol. The Morgan fingerprint density at radius 2 is 2.04 bits per heavy atom. The van der Waals surface area contributed by atoms with Crippen LogP contribution in [-0.2, 0) is 27.8 Å². The van der Waals surface area contributed by atoms with Gasteiger partial charge in [-0.1, -0.05) is 0 Å². The minimum atomic E-state index is -0.242. The number of methoxy groups -OCH3 is 1. The summed E-state index contributed by atoms with van der Waals surface area (Å²) in [6.07, 6.45) is 4.41. The lowest BCUT2D eigenvalue weighted by Gasteiger charge is -2.35. The smallest absolute Gasteiger partial charge is 0.307 e. The number of piperidine rings is 1. The van der Waals surface area contributed by atoms with Crippen molar-refractivity contribution in [2.24, 2.45) is 7.05 Å². The average Bonchev–Trinajstić information content (AvgIpc) is 2.78. The van der Waals surface area contributed by atoms with Crippen molar-refractivity contribution >= 4 is 11.9 Å². The first-order chi connectivity index (χ1) is 10.9. The summed E-state index contributed by atoms with van der Waals surface area (Å²) in [4.78, 5) is 26.1. The molecule has 1 aromatic heterocycles. The fourth-order valence-corrected chi connectivity index (χ4v) is 3.37. The molecule has 0 aliphatic carbocycles. The molecule has 0 aromatic carbocycles. The van der Waals surface area contributed by atoms with Crippen LogP contribution in [0, 0.1) is 13.8 Å². The molecule has 6 heteroatoms. The van der Waals surface area contributed by atoms with E-state index in [4.69, 9.17) is 4.74 Å². The third-order valence-electron chi connectivity index (χ3n) is 4.83. The van der Waals surface area contributed by atoms with Crippen LogP contribution in [0.2, 0.25) is 0 Å². The van der Waals surface area contributed by atoms with Crippen molar-refractivity contribution in [3.05, 3.63) is 17.0 Å². The first-order valence-corrected chi connectivity index (χ1v) is 8.29. The minimum Gasteiger partial charge on any atom is -0.469 e. The van der Waals surface area contributed by atoms with E-state index < -0.39 is 0 Å². The number of hydrogen-bond acceptors (Lipinski definition) is 4. The van der Waals surface area contributed by atoms with Crippen molar-refractivity contribution in [3.8, 4) is 0 Å². The van der Waals surface area contributed by atoms with Gasteiger partial charge in [0.1, 0.15) is 0 Å². The number of esters is 1. The van der Waals surface area contributed by atoms with Gasteiger partial charge in [-0.05, 0) is 45.1 Å². The molecule has 2 heterocycles. The fourth-order valence-electron chi connectivity index (χ4n) is 3.37. The lowest BCUT2D eigenvalue weighted by Crippen LogP contribution is -2.45. The van der Waals surface area contributed by atoms with E-state index in [2.05, 4.69) is 5.10 Å². The molecule has 1 fully saturated rings. The number of aromatic nitrogens is 2. The molecule has 1 atom stereocenters. The standard InChI is InChI=1S/C17H27N3O3/c1-12-15(13(2)19(3)18-12)8-9-16(21)20-10-6-5-7-14(20)11-17(22)23-4/h14H,5-11H2,1-4H3/t14-/m0/s1. The Bertz CT molecular complexity index is 580. The number of carbonyl (C=O) groups is 2. The van der Waals surface area contributed by atoms with Crippen molar-refractivity contribution in [1.29, 1.82) is 0 Å². The summed E-state index contributed by atoms with van der Waals surface area (Å²) in [6.45, 7) is 4.75. The molecule has 0 bridgehead atoms. The highest BCUT2D eigenvalue weighted by Crippen LogP contribution is 2.22. The van der Waals surface area contributed by atoms with Crippen LogP contribution in [0.5, 0.6) is 0 Å². The van der Waals surface area contributed by atoms with Crippen LogP contribution in [0.4, 0.5) is 0 Å². The maximum atomic E-state index is 12.6. The summed E-state index contributed by atoms with van der Waals surface area (Å²) >= 11 is 0. The maximum Gasteiger partial charge on any atom is 0.307 e. The molecule has 23 heavy (non-hydrogen) atoms. The lowest BCUT2D eigenvalue weighted by molar-refractivity contribution is -0.144. The quantitative estimate of drug-likeness (QED) is 0.777. The Morgan fingerprint density at radius 3 is 2.65 bits per heavy atom. The molecular formula is C17H27N3O3. The van der Waals surface area contributed by atoms with Gasteiger partial charge in [0.05, 0.1) is 19.2 Å². The van der Waals surface area contributed by atoms with E-state index in [1.54, 1.807) is 0 Å². The number of ether oxygens (including phenoxy) is 1. The van der Waals surface area contributed by atoms with Crippen LogP contribution >= 0.6 is 0 Å². The van der Waals surface area contributed by atoms with E-state index in [0.29, 0.717) is 19.3 Å². The summed E-state index contributed by atoms with van der Waals surface area (Å²) in [5.74, 6) is -0.116. The lowest BCUT2D eigenvalue weighted by atomic mass is 9.98. The number of rotatable bonds is 5. The van der Waals surface area contributed by atoms with E-state index in [1.807, 2.05) is 30.5 Å². The number of carbonyl (C=O) groups excluding carboxylic acids is 2. The van der Waals surface area contributed by atoms with Gasteiger partial charge >= 0.3 is 5.97 Å². The Kier molecular flexibility index (Phi) is 5.80. The normalized spacial score (nSPS) is 18.1. The highest BCUT2D eigenvalue weighted by Gasteiger charge is 2.28. The number of hydrogen-bond donors (Lipinski definition) is 0. The second-order valence-corrected chi connectivity index (χ2v) is 6.29. The molecule has 0 saturated carbocycles. The molecule has 6 nitrogen and oxygen atoms in total. The number of likely N-dealkylation sites (tertiary alicyclic amines) is 1. The van der Waals surface area contributed by atoms with Gasteiger partial charge < -0.3 is 9.64 Å². The van der Waals surface area contributed by atoms with Crippen LogP contribution in [0.25, 0.3) is 0 Å². The summed E-state index contributed by atoms with van der Waals surface area (Å²) in [5.41, 5.74) is 3.25. The number of amides is 1. The van der Waals surface area contributed by atoms with Crippen LogP contribution in [0.15, 0.2) is 0 Å². The van der Waals surface area contributed by atoms with E-state index in [9.17, 15) is 9.59 Å². The zero-order valence-electron chi connectivity index (χ0n) is 14.6. The Morgan fingerprint density at radius 1 is 1.30 bits per heavy atom. The molecule has 1 aliphatic heterocycles. The molecule has 0 spiro atoms. The Labute approximate surface area is 137 Å². The molecule has 1 aromatic rings. The topological polar surface area (TPSA) is 64.4 Å². The molecule has 2 rings (SSSR count). The molecule has 0 radical (unpaired) electrons. The Balaban J connectivity index is 1.98. The zero-order valence-corrected chi connectivity index (χ0v) is 14.6. The minimum absolute atomic E-state index is 0.0141. The van der Waals surface area contributed by atoms with Crippen molar-refractivity contribution in [1.82, 2.24) is 14.7 Å². The maximum absolute atomic E-state index is 12.6. The second-order valence-electron chi connectivity index (χ2n) is 6.29. The summed E-state index contributed by atoms with van der Waals surface area (Å²) < 4.78 is 6.61. The van der Waals surface area contributed by atoms with E-state index in [0.717, 1.165) is 42.8 Å². The predicted octanol–water partition coefficient (Wildman–Crippen LogP) is 1.91. The SMILES string of the molecule is COC(=O)C[C@@H]1CCCCN1C(=O)CCc1c(C)nn(C)c1C. The van der Waals surface area contributed by atoms with Crippen molar-refractivity contribution in [2.75, 3.05) is 13.7 Å². The second kappa shape index (κ2) is 7.62. The summed E-state index contributed by atoms with van der Waals surface area (Å²) in [7, 11) is 3.32. The van der Waals surface area contributed by atoms with Gasteiger partial charge in [-0.2, -0.15) is 5.10 Å². The van der Waals surface area contributed by atoms with Gasteiger partial charge in [-0.3, -0.25) is 14.3 Å². The van der Waals surface area contributed by atoms with E-state index in [1.165, 1.54) is 7.11 Å². The zero-order chi connectivity index (χ0) is 17.0. The number of aryl methyl sites for hydroxylation is 2. The van der Waals surface area contributed by atoms with Crippen LogP contribution in [0.3, 0.4) is 0 Å². The van der Waals surface area contributed by atoms with Crippen molar-refractivity contribution in [3.63, 3.8) is 0 Å². The molecule has 1 amide bonds. The van der Waals surface area contributed by atoms with Gasteiger partial charge in [0.15, 0.2) is 0 Å². The third kappa shape index (κ3) is 4.12. The summed E-state index contributed by atoms with van der Waals surface area (Å²) in [5, 5.41) is 4.40. The first-order valence-electron chi connectivity index (χ1n) is 8.29. The average molecular weight is 321 g/mol. The largest absolute Gasteiger partial charge is 0.469 e. The molecule has 1 aliphatic rings. The predicted molar refractivity (Wildman–Crippen MR) is 87.0 cm³/mol. The van der Waals surface area contributed by atoms with Crippen molar-refractivity contribution in [2.45, 2.75) is 58.4 Å². The first kappa shape index (κ1) is 17.5. The monoisotopic (exact) mass is 321 g/mol. The van der Waals surface area contributed by atoms with Gasteiger partial charge in [-0.15, -0.1) is 0 Å². The fraction of sp³-hybridized carbons (Fsp3) is 0.706. The third-order valence-corrected chi connectivity index (χ3v) is 4.83. The van der Waals surface area contributed by atoms with Crippen LogP contribution in [-0.4, -0.2) is 46.3 Å². The van der Waals surface area contributed by atoms with Gasteiger partial charge in [0.2, 0.25) is 5.91 Å². The summed E-state index contributed by atoms with van der Waals surface area (Å²) in [6, 6.07) is -0.0141. The number of nitrogens with zero attached hydrogens (tertiary/aromatic N) is 3. The van der Waals surface area contributed by atoms with Crippen LogP contribution < -0.4 is 0 Å².